The minimum atomic E-state index is -1.00. The number of rotatable bonds is 4. The predicted octanol–water partition coefficient (Wildman–Crippen LogP) is 6.48. The lowest BCUT2D eigenvalue weighted by atomic mass is 9.72. The summed E-state index contributed by atoms with van der Waals surface area (Å²) in [6, 6.07) is 12.6. The van der Waals surface area contributed by atoms with Crippen molar-refractivity contribution in [2.24, 2.45) is 16.3 Å². The summed E-state index contributed by atoms with van der Waals surface area (Å²) in [5.74, 6) is 0.582. The highest BCUT2D eigenvalue weighted by Crippen LogP contribution is 2.44. The minimum absolute atomic E-state index is 0.187. The van der Waals surface area contributed by atoms with E-state index in [1.807, 2.05) is 0 Å². The molecule has 1 N–H and O–H groups in total. The van der Waals surface area contributed by atoms with Crippen LogP contribution in [-0.2, 0) is 12.8 Å². The monoisotopic (exact) mass is 432 g/mol. The van der Waals surface area contributed by atoms with Gasteiger partial charge in [0, 0.05) is 10.4 Å². The molecule has 1 aliphatic rings. The third kappa shape index (κ3) is 4.19. The van der Waals surface area contributed by atoms with Crippen molar-refractivity contribution in [3.63, 3.8) is 0 Å². The summed E-state index contributed by atoms with van der Waals surface area (Å²) in [4.78, 5) is 17.3. The van der Waals surface area contributed by atoms with Crippen LogP contribution in [0.2, 0.25) is 0 Å². The van der Waals surface area contributed by atoms with Crippen molar-refractivity contribution in [3.05, 3.63) is 63.7 Å². The van der Waals surface area contributed by atoms with Crippen molar-refractivity contribution < 1.29 is 14.3 Å². The van der Waals surface area contributed by atoms with Crippen LogP contribution in [0.5, 0.6) is 0 Å². The number of benzene rings is 1. The summed E-state index contributed by atoms with van der Waals surface area (Å²) in [6.45, 7) is 6.83. The van der Waals surface area contributed by atoms with Crippen LogP contribution >= 0.6 is 11.3 Å². The van der Waals surface area contributed by atoms with Crippen molar-refractivity contribution in [3.8, 4) is 17.4 Å². The Bertz CT molecular complexity index is 1200. The Morgan fingerprint density at radius 3 is 2.77 bits per heavy atom. The first-order valence-corrected chi connectivity index (χ1v) is 11.1. The number of aromatic carboxylic acids is 1. The maximum Gasteiger partial charge on any atom is 0.336 e. The molecule has 6 heteroatoms. The van der Waals surface area contributed by atoms with E-state index >= 15 is 0 Å². The second kappa shape index (κ2) is 8.16. The molecule has 0 saturated heterocycles. The quantitative estimate of drug-likeness (QED) is 0.478. The molecule has 1 atom stereocenters. The summed E-state index contributed by atoms with van der Waals surface area (Å²) in [6.07, 6.45) is 4.61. The summed E-state index contributed by atoms with van der Waals surface area (Å²) >= 11 is 1.60. The van der Waals surface area contributed by atoms with Crippen molar-refractivity contribution >= 4 is 28.5 Å². The molecule has 0 saturated carbocycles. The smallest absolute Gasteiger partial charge is 0.336 e. The Morgan fingerprint density at radius 2 is 2.06 bits per heavy atom. The van der Waals surface area contributed by atoms with Crippen molar-refractivity contribution in [1.29, 1.82) is 5.26 Å². The molecule has 0 spiro atoms. The molecule has 0 bridgehead atoms. The fourth-order valence-electron chi connectivity index (χ4n) is 4.09. The van der Waals surface area contributed by atoms with Crippen molar-refractivity contribution in [2.45, 2.75) is 40.0 Å². The Morgan fingerprint density at radius 1 is 1.29 bits per heavy atom. The highest BCUT2D eigenvalue weighted by Gasteiger charge is 2.32. The number of hydrogen-bond donors (Lipinski definition) is 1. The number of carbonyl (C=O) groups is 1. The third-order valence-corrected chi connectivity index (χ3v) is 7.10. The number of fused-ring (bicyclic) bond motifs is 1. The lowest BCUT2D eigenvalue weighted by Gasteiger charge is -2.33. The molecule has 0 amide bonds. The average molecular weight is 433 g/mol. The molecule has 2 aromatic heterocycles. The molecule has 2 heterocycles. The van der Waals surface area contributed by atoms with E-state index in [2.05, 4.69) is 31.8 Å². The molecule has 0 fully saturated rings. The van der Waals surface area contributed by atoms with Gasteiger partial charge in [-0.05, 0) is 54.4 Å². The average Bonchev–Trinajstić information content (AvgIpc) is 3.35. The van der Waals surface area contributed by atoms with Gasteiger partial charge in [-0.3, -0.25) is 0 Å². The lowest BCUT2D eigenvalue weighted by Crippen LogP contribution is -2.26. The largest absolute Gasteiger partial charge is 0.478 e. The third-order valence-electron chi connectivity index (χ3n) is 5.94. The van der Waals surface area contributed by atoms with E-state index in [0.717, 1.165) is 24.8 Å². The summed E-state index contributed by atoms with van der Waals surface area (Å²) < 4.78 is 5.83. The zero-order chi connectivity index (χ0) is 22.2. The zero-order valence-electron chi connectivity index (χ0n) is 17.8. The number of aliphatic imine (C=N–C) groups is 1. The number of furan rings is 1. The highest BCUT2D eigenvalue weighted by molar-refractivity contribution is 7.16. The number of nitrogens with zero attached hydrogens (tertiary/aromatic N) is 2. The van der Waals surface area contributed by atoms with Gasteiger partial charge < -0.3 is 9.52 Å². The van der Waals surface area contributed by atoms with Crippen LogP contribution < -0.4 is 0 Å². The highest BCUT2D eigenvalue weighted by atomic mass is 32.1. The number of nitriles is 1. The van der Waals surface area contributed by atoms with Gasteiger partial charge in [0.25, 0.3) is 0 Å². The van der Waals surface area contributed by atoms with Crippen LogP contribution in [0.15, 0.2) is 45.8 Å². The lowest BCUT2D eigenvalue weighted by molar-refractivity contribution is 0.0697. The summed E-state index contributed by atoms with van der Waals surface area (Å²) in [5.41, 5.74) is 2.77. The number of carboxylic acids is 1. The molecule has 158 valence electrons. The molecule has 5 nitrogen and oxygen atoms in total. The molecule has 31 heavy (non-hydrogen) atoms. The number of thiophene rings is 1. The van der Waals surface area contributed by atoms with E-state index < -0.39 is 5.97 Å². The second-order valence-corrected chi connectivity index (χ2v) is 10.00. The van der Waals surface area contributed by atoms with Crippen LogP contribution in [0.3, 0.4) is 0 Å². The molecule has 0 unspecified atom stereocenters. The van der Waals surface area contributed by atoms with E-state index in [9.17, 15) is 15.2 Å². The Kier molecular flexibility index (Phi) is 5.55. The zero-order valence-corrected chi connectivity index (χ0v) is 18.6. The van der Waals surface area contributed by atoms with Gasteiger partial charge in [-0.15, -0.1) is 11.3 Å². The standard InChI is InChI=1S/C25H24N2O3S/c1-25(2,3)15-8-10-18-20(13-26)23(31-22(18)12-15)27-14-16-9-11-21(30-16)17-6-4-5-7-19(17)24(28)29/h4-7,9,11,14-15H,8,10,12H2,1-3H3,(H,28,29)/t15-/m0/s1. The predicted molar refractivity (Wildman–Crippen MR) is 122 cm³/mol. The Balaban J connectivity index is 1.61. The SMILES string of the molecule is CC(C)(C)[C@H]1CCc2c(sc(N=Cc3ccc(-c4ccccc4C(=O)O)o3)c2C#N)C1. The van der Waals surface area contributed by atoms with Gasteiger partial charge in [-0.25, -0.2) is 9.79 Å². The van der Waals surface area contributed by atoms with Crippen molar-refractivity contribution in [2.75, 3.05) is 0 Å². The molecule has 4 rings (SSSR count). The van der Waals surface area contributed by atoms with E-state index in [4.69, 9.17) is 4.42 Å². The summed E-state index contributed by atoms with van der Waals surface area (Å²) in [5, 5.41) is 19.8. The molecule has 1 aromatic carbocycles. The first-order valence-electron chi connectivity index (χ1n) is 10.3. The molecule has 0 radical (unpaired) electrons. The molecule has 1 aliphatic carbocycles. The van der Waals surface area contributed by atoms with E-state index in [-0.39, 0.29) is 11.0 Å². The van der Waals surface area contributed by atoms with Gasteiger partial charge in [-0.2, -0.15) is 5.26 Å². The Hall–Kier alpha value is -3.17. The fourth-order valence-corrected chi connectivity index (χ4v) is 5.31. The topological polar surface area (TPSA) is 86.6 Å². The van der Waals surface area contributed by atoms with Gasteiger partial charge in [0.1, 0.15) is 22.6 Å². The maximum atomic E-state index is 11.5. The maximum absolute atomic E-state index is 11.5. The van der Waals surface area contributed by atoms with Gasteiger partial charge >= 0.3 is 5.97 Å². The first kappa shape index (κ1) is 21.1. The second-order valence-electron chi connectivity index (χ2n) is 8.91. The van der Waals surface area contributed by atoms with E-state index in [1.54, 1.807) is 53.9 Å². The van der Waals surface area contributed by atoms with Crippen LogP contribution in [0.4, 0.5) is 5.00 Å². The van der Waals surface area contributed by atoms with Gasteiger partial charge in [0.15, 0.2) is 0 Å². The van der Waals surface area contributed by atoms with E-state index in [0.29, 0.717) is 33.6 Å². The van der Waals surface area contributed by atoms with Crippen LogP contribution in [0.1, 0.15) is 59.3 Å². The molecular formula is C25H24N2O3S. The Labute approximate surface area is 185 Å². The van der Waals surface area contributed by atoms with Crippen LogP contribution in [-0.4, -0.2) is 17.3 Å². The molecular weight excluding hydrogens is 408 g/mol. The minimum Gasteiger partial charge on any atom is -0.478 e. The van der Waals surface area contributed by atoms with E-state index in [1.165, 1.54) is 4.88 Å². The molecule has 3 aromatic rings. The molecule has 0 aliphatic heterocycles. The first-order chi connectivity index (χ1) is 14.8. The number of carboxylic acid groups (broad SMARTS) is 1. The van der Waals surface area contributed by atoms with Crippen LogP contribution in [0.25, 0.3) is 11.3 Å². The summed E-state index contributed by atoms with van der Waals surface area (Å²) in [7, 11) is 0. The van der Waals surface area contributed by atoms with Gasteiger partial charge in [-0.1, -0.05) is 39.0 Å². The van der Waals surface area contributed by atoms with Crippen LogP contribution in [0, 0.1) is 22.7 Å². The normalized spacial score (nSPS) is 16.3. The fraction of sp³-hybridized carbons (Fsp3) is 0.320. The van der Waals surface area contributed by atoms with Gasteiger partial charge in [0.2, 0.25) is 0 Å². The van der Waals surface area contributed by atoms with Crippen molar-refractivity contribution in [1.82, 2.24) is 0 Å². The van der Waals surface area contributed by atoms with Gasteiger partial charge in [0.05, 0.1) is 17.3 Å². The number of hydrogen-bond acceptors (Lipinski definition) is 5.